The molecule has 0 spiro atoms. The molecule has 2 atom stereocenters. The quantitative estimate of drug-likeness (QED) is 0.702. The van der Waals surface area contributed by atoms with Crippen molar-refractivity contribution in [2.24, 2.45) is 0 Å². The lowest BCUT2D eigenvalue weighted by atomic mass is 10.0. The molecular weight excluding hydrogens is 412 g/mol. The zero-order valence-corrected chi connectivity index (χ0v) is 18.4. The molecule has 9 heteroatoms. The van der Waals surface area contributed by atoms with E-state index in [4.69, 9.17) is 23.7 Å². The molecule has 0 saturated carbocycles. The summed E-state index contributed by atoms with van der Waals surface area (Å²) in [6, 6.07) is 6.73. The summed E-state index contributed by atoms with van der Waals surface area (Å²) >= 11 is 0. The minimum atomic E-state index is -3.64. The van der Waals surface area contributed by atoms with Crippen LogP contribution >= 0.6 is 0 Å². The first-order valence-corrected chi connectivity index (χ1v) is 11.2. The standard InChI is InChI=1S/C21H26O8S/c1-25-16-8-13(11-19(20(16)22)30(5,23)24)15-7-6-14(29-15)12-9-17(26-2)21(28-4)18(10-12)27-3/h8-11,14-15,22H,6-7H2,1-5H3/t14-,15-/m0/s1. The van der Waals surface area contributed by atoms with Crippen LogP contribution in [0.3, 0.4) is 0 Å². The molecule has 1 saturated heterocycles. The number of hydrogen-bond donors (Lipinski definition) is 1. The number of phenolic OH excluding ortho intramolecular Hbond substituents is 1. The van der Waals surface area contributed by atoms with Crippen molar-refractivity contribution in [1.82, 2.24) is 0 Å². The second-order valence-electron chi connectivity index (χ2n) is 6.99. The third-order valence-corrected chi connectivity index (χ3v) is 6.24. The lowest BCUT2D eigenvalue weighted by Gasteiger charge is -2.19. The van der Waals surface area contributed by atoms with Crippen LogP contribution in [0.5, 0.6) is 28.7 Å². The van der Waals surface area contributed by atoms with Gasteiger partial charge in [-0.1, -0.05) is 0 Å². The molecule has 2 aromatic rings. The van der Waals surface area contributed by atoms with Crippen molar-refractivity contribution >= 4 is 9.84 Å². The van der Waals surface area contributed by atoms with E-state index in [1.165, 1.54) is 13.2 Å². The Balaban J connectivity index is 1.94. The Morgan fingerprint density at radius 1 is 0.833 bits per heavy atom. The van der Waals surface area contributed by atoms with Gasteiger partial charge in [0.1, 0.15) is 4.90 Å². The Morgan fingerprint density at radius 2 is 1.30 bits per heavy atom. The van der Waals surface area contributed by atoms with E-state index in [0.717, 1.165) is 11.8 Å². The summed E-state index contributed by atoms with van der Waals surface area (Å²) in [6.07, 6.45) is 1.81. The topological polar surface area (TPSA) is 101 Å². The van der Waals surface area contributed by atoms with Gasteiger partial charge in [0.15, 0.2) is 32.8 Å². The molecule has 2 aromatic carbocycles. The maximum Gasteiger partial charge on any atom is 0.203 e. The van der Waals surface area contributed by atoms with E-state index in [9.17, 15) is 13.5 Å². The van der Waals surface area contributed by atoms with E-state index in [1.54, 1.807) is 27.4 Å². The SMILES string of the molecule is COc1cc([C@@H]2CC[C@@H](c3cc(OC)c(OC)c(OC)c3)O2)cc(S(C)(=O)=O)c1O. The maximum atomic E-state index is 12.1. The van der Waals surface area contributed by atoms with Crippen LogP contribution in [0.25, 0.3) is 0 Å². The second-order valence-corrected chi connectivity index (χ2v) is 8.98. The van der Waals surface area contributed by atoms with E-state index >= 15 is 0 Å². The molecule has 0 radical (unpaired) electrons. The third-order valence-electron chi connectivity index (χ3n) is 5.13. The van der Waals surface area contributed by atoms with Gasteiger partial charge in [-0.15, -0.1) is 0 Å². The number of aromatic hydroxyl groups is 1. The first-order valence-electron chi connectivity index (χ1n) is 9.29. The first-order chi connectivity index (χ1) is 14.2. The predicted molar refractivity (Wildman–Crippen MR) is 110 cm³/mol. The van der Waals surface area contributed by atoms with Crippen molar-refractivity contribution in [2.45, 2.75) is 29.9 Å². The van der Waals surface area contributed by atoms with E-state index in [1.807, 2.05) is 12.1 Å². The average Bonchev–Trinajstić information content (AvgIpc) is 3.22. The average molecular weight is 438 g/mol. The van der Waals surface area contributed by atoms with Crippen molar-refractivity contribution in [3.05, 3.63) is 35.4 Å². The summed E-state index contributed by atoms with van der Waals surface area (Å²) in [5.41, 5.74) is 1.49. The number of methoxy groups -OCH3 is 4. The van der Waals surface area contributed by atoms with Crippen LogP contribution in [0.15, 0.2) is 29.2 Å². The summed E-state index contributed by atoms with van der Waals surface area (Å²) in [7, 11) is 2.37. The Morgan fingerprint density at radius 3 is 1.73 bits per heavy atom. The molecule has 1 heterocycles. The number of benzene rings is 2. The summed E-state index contributed by atoms with van der Waals surface area (Å²) < 4.78 is 51.7. The molecule has 1 aliphatic heterocycles. The van der Waals surface area contributed by atoms with Crippen LogP contribution in [-0.4, -0.2) is 48.2 Å². The molecule has 0 bridgehead atoms. The van der Waals surface area contributed by atoms with Crippen LogP contribution in [0.1, 0.15) is 36.2 Å². The van der Waals surface area contributed by atoms with Crippen molar-refractivity contribution in [2.75, 3.05) is 34.7 Å². The van der Waals surface area contributed by atoms with Crippen molar-refractivity contribution in [3.63, 3.8) is 0 Å². The van der Waals surface area contributed by atoms with Crippen molar-refractivity contribution in [3.8, 4) is 28.7 Å². The molecule has 8 nitrogen and oxygen atoms in total. The molecule has 0 amide bonds. The third kappa shape index (κ3) is 4.13. The smallest absolute Gasteiger partial charge is 0.203 e. The van der Waals surface area contributed by atoms with E-state index < -0.39 is 15.6 Å². The van der Waals surface area contributed by atoms with Gasteiger partial charge in [-0.2, -0.15) is 0 Å². The van der Waals surface area contributed by atoms with Gasteiger partial charge in [-0.3, -0.25) is 0 Å². The fourth-order valence-electron chi connectivity index (χ4n) is 3.64. The highest BCUT2D eigenvalue weighted by Crippen LogP contribution is 2.47. The Bertz CT molecular complexity index is 1010. The van der Waals surface area contributed by atoms with E-state index in [0.29, 0.717) is 35.7 Å². The lowest BCUT2D eigenvalue weighted by molar-refractivity contribution is 0.0435. The Labute approximate surface area is 176 Å². The van der Waals surface area contributed by atoms with Crippen LogP contribution in [0.4, 0.5) is 0 Å². The normalized spacial score (nSPS) is 18.8. The summed E-state index contributed by atoms with van der Waals surface area (Å²) in [5, 5.41) is 10.2. The summed E-state index contributed by atoms with van der Waals surface area (Å²) in [6.45, 7) is 0. The first kappa shape index (κ1) is 22.0. The van der Waals surface area contributed by atoms with Gasteiger partial charge < -0.3 is 28.8 Å². The largest absolute Gasteiger partial charge is 0.503 e. The van der Waals surface area contributed by atoms with E-state index in [2.05, 4.69) is 0 Å². The van der Waals surface area contributed by atoms with Gasteiger partial charge in [0, 0.05) is 6.26 Å². The van der Waals surface area contributed by atoms with Crippen LogP contribution in [0.2, 0.25) is 0 Å². The molecule has 164 valence electrons. The highest BCUT2D eigenvalue weighted by Gasteiger charge is 2.31. The number of hydrogen-bond acceptors (Lipinski definition) is 8. The van der Waals surface area contributed by atoms with Gasteiger partial charge in [-0.25, -0.2) is 8.42 Å². The number of sulfone groups is 1. The zero-order valence-electron chi connectivity index (χ0n) is 17.6. The van der Waals surface area contributed by atoms with E-state index in [-0.39, 0.29) is 22.9 Å². The molecule has 0 aromatic heterocycles. The van der Waals surface area contributed by atoms with Crippen molar-refractivity contribution < 1.29 is 37.2 Å². The van der Waals surface area contributed by atoms with Gasteiger partial charge in [0.25, 0.3) is 0 Å². The number of rotatable bonds is 7. The van der Waals surface area contributed by atoms with Crippen LogP contribution < -0.4 is 18.9 Å². The second kappa shape index (κ2) is 8.61. The van der Waals surface area contributed by atoms with Crippen molar-refractivity contribution in [1.29, 1.82) is 0 Å². The van der Waals surface area contributed by atoms with Crippen LogP contribution in [-0.2, 0) is 14.6 Å². The van der Waals surface area contributed by atoms with Gasteiger partial charge >= 0.3 is 0 Å². The molecule has 1 N–H and O–H groups in total. The Hall–Kier alpha value is -2.65. The highest BCUT2D eigenvalue weighted by atomic mass is 32.2. The Kier molecular flexibility index (Phi) is 6.33. The number of ether oxygens (including phenoxy) is 5. The highest BCUT2D eigenvalue weighted by molar-refractivity contribution is 7.90. The monoisotopic (exact) mass is 438 g/mol. The summed E-state index contributed by atoms with van der Waals surface area (Å²) in [4.78, 5) is -0.184. The van der Waals surface area contributed by atoms with Gasteiger partial charge in [-0.05, 0) is 48.2 Å². The van der Waals surface area contributed by atoms with Gasteiger partial charge in [0.2, 0.25) is 5.75 Å². The maximum absolute atomic E-state index is 12.1. The fraction of sp³-hybridized carbons (Fsp3) is 0.429. The molecule has 30 heavy (non-hydrogen) atoms. The van der Waals surface area contributed by atoms with Gasteiger partial charge in [0.05, 0.1) is 40.6 Å². The molecule has 3 rings (SSSR count). The predicted octanol–water partition coefficient (Wildman–Crippen LogP) is 3.42. The fourth-order valence-corrected chi connectivity index (χ4v) is 4.44. The summed E-state index contributed by atoms with van der Waals surface area (Å²) in [5.74, 6) is 1.25. The molecule has 1 aliphatic rings. The zero-order chi connectivity index (χ0) is 22.1. The lowest BCUT2D eigenvalue weighted by Crippen LogP contribution is -2.05. The molecule has 1 fully saturated rings. The minimum Gasteiger partial charge on any atom is -0.503 e. The minimum absolute atomic E-state index is 0.0905. The molecular formula is C21H26O8S. The van der Waals surface area contributed by atoms with Crippen LogP contribution in [0, 0.1) is 0 Å². The molecule has 0 unspecified atom stereocenters. The molecule has 0 aliphatic carbocycles. The number of phenols is 1.